The van der Waals surface area contributed by atoms with Gasteiger partial charge < -0.3 is 9.47 Å². The van der Waals surface area contributed by atoms with Gasteiger partial charge in [-0.2, -0.15) is 0 Å². The molecule has 140 valence electrons. The zero-order valence-electron chi connectivity index (χ0n) is 15.2. The van der Waals surface area contributed by atoms with E-state index >= 15 is 0 Å². The number of carbonyl (C=O) groups is 1. The van der Waals surface area contributed by atoms with Crippen molar-refractivity contribution in [3.8, 4) is 11.5 Å². The standard InChI is InChI=1S/C22H20Cl2O3/c1-26-20-9-6-14(11-21(20)27-2)10-16-4-3-5-17(22(16)25)12-15-7-8-18(23)13-19(15)24/h6-13H,3-5H2,1-2H3/b16-10+,17-12+. The van der Waals surface area contributed by atoms with Crippen molar-refractivity contribution < 1.29 is 14.3 Å². The molecule has 0 heterocycles. The quantitative estimate of drug-likeness (QED) is 0.568. The van der Waals surface area contributed by atoms with E-state index in [0.717, 1.165) is 41.5 Å². The summed E-state index contributed by atoms with van der Waals surface area (Å²) in [5.74, 6) is 1.36. The van der Waals surface area contributed by atoms with Crippen molar-refractivity contribution in [1.82, 2.24) is 0 Å². The Labute approximate surface area is 169 Å². The summed E-state index contributed by atoms with van der Waals surface area (Å²) in [7, 11) is 3.19. The average molecular weight is 403 g/mol. The fourth-order valence-corrected chi connectivity index (χ4v) is 3.59. The Hall–Kier alpha value is -2.23. The van der Waals surface area contributed by atoms with Crippen molar-refractivity contribution in [3.63, 3.8) is 0 Å². The molecule has 0 aliphatic heterocycles. The second-order valence-corrected chi connectivity index (χ2v) is 7.15. The molecule has 1 fully saturated rings. The van der Waals surface area contributed by atoms with Gasteiger partial charge in [-0.1, -0.05) is 35.3 Å². The molecule has 0 bridgehead atoms. The highest BCUT2D eigenvalue weighted by Gasteiger charge is 2.21. The maximum Gasteiger partial charge on any atom is 0.185 e. The van der Waals surface area contributed by atoms with Crippen molar-refractivity contribution in [2.75, 3.05) is 14.2 Å². The molecule has 2 aromatic carbocycles. The van der Waals surface area contributed by atoms with Crippen LogP contribution in [0.1, 0.15) is 30.4 Å². The molecule has 0 radical (unpaired) electrons. The summed E-state index contributed by atoms with van der Waals surface area (Å²) >= 11 is 12.2. The SMILES string of the molecule is COc1ccc(/C=C2\CCC/C(=C\c3ccc(Cl)cc3Cl)C2=O)cc1OC. The van der Waals surface area contributed by atoms with Gasteiger partial charge >= 0.3 is 0 Å². The molecule has 27 heavy (non-hydrogen) atoms. The minimum Gasteiger partial charge on any atom is -0.493 e. The van der Waals surface area contributed by atoms with E-state index in [4.69, 9.17) is 32.7 Å². The molecule has 0 saturated heterocycles. The van der Waals surface area contributed by atoms with Gasteiger partial charge in [-0.25, -0.2) is 0 Å². The Morgan fingerprint density at radius 3 is 2.26 bits per heavy atom. The number of rotatable bonds is 4. The van der Waals surface area contributed by atoms with Gasteiger partial charge in [0.15, 0.2) is 17.3 Å². The highest BCUT2D eigenvalue weighted by atomic mass is 35.5. The molecule has 5 heteroatoms. The first-order valence-electron chi connectivity index (χ1n) is 8.64. The fourth-order valence-electron chi connectivity index (χ4n) is 3.13. The van der Waals surface area contributed by atoms with Crippen molar-refractivity contribution >= 4 is 41.1 Å². The van der Waals surface area contributed by atoms with E-state index in [0.29, 0.717) is 21.5 Å². The minimum absolute atomic E-state index is 0.0575. The fraction of sp³-hybridized carbons (Fsp3) is 0.227. The first kappa shape index (κ1) is 19.5. The van der Waals surface area contributed by atoms with Gasteiger partial charge in [0, 0.05) is 21.2 Å². The molecule has 0 amide bonds. The third-order valence-electron chi connectivity index (χ3n) is 4.52. The molecule has 3 nitrogen and oxygen atoms in total. The third kappa shape index (κ3) is 4.55. The lowest BCUT2D eigenvalue weighted by Gasteiger charge is -2.17. The number of benzene rings is 2. The van der Waals surface area contributed by atoms with Gasteiger partial charge in [0.25, 0.3) is 0 Å². The maximum absolute atomic E-state index is 12.9. The summed E-state index contributed by atoms with van der Waals surface area (Å²) in [6.07, 6.45) is 6.19. The van der Waals surface area contributed by atoms with Gasteiger partial charge in [-0.15, -0.1) is 0 Å². The van der Waals surface area contributed by atoms with Crippen LogP contribution in [-0.4, -0.2) is 20.0 Å². The summed E-state index contributed by atoms with van der Waals surface area (Å²) in [5, 5.41) is 1.12. The second kappa shape index (κ2) is 8.64. The number of hydrogen-bond donors (Lipinski definition) is 0. The van der Waals surface area contributed by atoms with E-state index in [9.17, 15) is 4.79 Å². The molecule has 3 rings (SSSR count). The summed E-state index contributed by atoms with van der Waals surface area (Å²) < 4.78 is 10.6. The Morgan fingerprint density at radius 1 is 0.889 bits per heavy atom. The van der Waals surface area contributed by atoms with Crippen LogP contribution in [0.2, 0.25) is 10.0 Å². The number of hydrogen-bond acceptors (Lipinski definition) is 3. The molecule has 0 unspecified atom stereocenters. The monoisotopic (exact) mass is 402 g/mol. The Bertz CT molecular complexity index is 929. The molecule has 1 aliphatic carbocycles. The zero-order valence-corrected chi connectivity index (χ0v) is 16.7. The van der Waals surface area contributed by atoms with Crippen LogP contribution in [0, 0.1) is 0 Å². The predicted molar refractivity (Wildman–Crippen MR) is 111 cm³/mol. The lowest BCUT2D eigenvalue weighted by Crippen LogP contribution is -2.12. The Morgan fingerprint density at radius 2 is 1.59 bits per heavy atom. The second-order valence-electron chi connectivity index (χ2n) is 6.30. The lowest BCUT2D eigenvalue weighted by atomic mass is 9.87. The van der Waals surface area contributed by atoms with Crippen molar-refractivity contribution in [2.24, 2.45) is 0 Å². The van der Waals surface area contributed by atoms with E-state index in [2.05, 4.69) is 0 Å². The summed E-state index contributed by atoms with van der Waals surface area (Å²) in [6.45, 7) is 0. The van der Waals surface area contributed by atoms with E-state index in [-0.39, 0.29) is 5.78 Å². The van der Waals surface area contributed by atoms with Gasteiger partial charge in [0.2, 0.25) is 0 Å². The largest absolute Gasteiger partial charge is 0.493 e. The van der Waals surface area contributed by atoms with Gasteiger partial charge in [-0.05, 0) is 66.8 Å². The normalized spacial score (nSPS) is 17.4. The van der Waals surface area contributed by atoms with Crippen molar-refractivity contribution in [2.45, 2.75) is 19.3 Å². The molecule has 1 saturated carbocycles. The number of halogens is 2. The van der Waals surface area contributed by atoms with Crippen LogP contribution in [0.3, 0.4) is 0 Å². The number of ketones is 1. The highest BCUT2D eigenvalue weighted by molar-refractivity contribution is 6.35. The molecule has 0 atom stereocenters. The van der Waals surface area contributed by atoms with E-state index in [1.54, 1.807) is 26.4 Å². The third-order valence-corrected chi connectivity index (χ3v) is 5.08. The van der Waals surface area contributed by atoms with Gasteiger partial charge in [-0.3, -0.25) is 4.79 Å². The molecular formula is C22H20Cl2O3. The molecule has 1 aliphatic rings. The van der Waals surface area contributed by atoms with Crippen LogP contribution in [0.4, 0.5) is 0 Å². The van der Waals surface area contributed by atoms with Crippen LogP contribution in [-0.2, 0) is 4.79 Å². The van der Waals surface area contributed by atoms with E-state index in [1.165, 1.54) is 0 Å². The number of allylic oxidation sites excluding steroid dienone is 2. The first-order chi connectivity index (χ1) is 13.0. The Kier molecular flexibility index (Phi) is 6.25. The summed E-state index contributed by atoms with van der Waals surface area (Å²) in [4.78, 5) is 12.9. The lowest BCUT2D eigenvalue weighted by molar-refractivity contribution is -0.112. The number of methoxy groups -OCH3 is 2. The predicted octanol–water partition coefficient (Wildman–Crippen LogP) is 6.23. The van der Waals surface area contributed by atoms with Crippen LogP contribution < -0.4 is 9.47 Å². The van der Waals surface area contributed by atoms with Crippen LogP contribution in [0.25, 0.3) is 12.2 Å². The molecule has 0 N–H and O–H groups in total. The Balaban J connectivity index is 1.90. The number of carbonyl (C=O) groups excluding carboxylic acids is 1. The van der Waals surface area contributed by atoms with Crippen molar-refractivity contribution in [1.29, 1.82) is 0 Å². The molecular weight excluding hydrogens is 383 g/mol. The zero-order chi connectivity index (χ0) is 19.4. The highest BCUT2D eigenvalue weighted by Crippen LogP contribution is 2.32. The van der Waals surface area contributed by atoms with Crippen molar-refractivity contribution in [3.05, 3.63) is 68.7 Å². The molecule has 2 aromatic rings. The maximum atomic E-state index is 12.9. The number of ether oxygens (including phenoxy) is 2. The van der Waals surface area contributed by atoms with Gasteiger partial charge in [0.05, 0.1) is 14.2 Å². The van der Waals surface area contributed by atoms with Crippen LogP contribution in [0.15, 0.2) is 47.5 Å². The topological polar surface area (TPSA) is 35.5 Å². The smallest absolute Gasteiger partial charge is 0.185 e. The first-order valence-corrected chi connectivity index (χ1v) is 9.40. The van der Waals surface area contributed by atoms with Crippen LogP contribution in [0.5, 0.6) is 11.5 Å². The van der Waals surface area contributed by atoms with E-state index in [1.807, 2.05) is 36.4 Å². The van der Waals surface area contributed by atoms with E-state index < -0.39 is 0 Å². The molecule has 0 aromatic heterocycles. The average Bonchev–Trinajstić information content (AvgIpc) is 2.66. The molecule has 0 spiro atoms. The van der Waals surface area contributed by atoms with Gasteiger partial charge in [0.1, 0.15) is 0 Å². The summed E-state index contributed by atoms with van der Waals surface area (Å²) in [6, 6.07) is 10.9. The van der Waals surface area contributed by atoms with Crippen LogP contribution >= 0.6 is 23.2 Å². The number of Topliss-reactive ketones (excluding diaryl/α,β-unsaturated/α-hetero) is 1. The summed E-state index contributed by atoms with van der Waals surface area (Å²) in [5.41, 5.74) is 3.25. The minimum atomic E-state index is 0.0575.